The highest BCUT2D eigenvalue weighted by Gasteiger charge is 2.02. The average Bonchev–Trinajstić information content (AvgIpc) is 2.40. The third-order valence-corrected chi connectivity index (χ3v) is 2.22. The summed E-state index contributed by atoms with van der Waals surface area (Å²) in [5.74, 6) is 0. The lowest BCUT2D eigenvalue weighted by molar-refractivity contribution is -0.385. The van der Waals surface area contributed by atoms with Crippen LogP contribution in [0.4, 0.5) is 11.4 Å². The van der Waals surface area contributed by atoms with Crippen LogP contribution in [-0.4, -0.2) is 9.85 Å². The Hall–Kier alpha value is -2.47. The Labute approximate surface area is 113 Å². The fraction of sp³-hybridized carbons (Fsp3) is 0. The molecule has 2 aromatic rings. The topological polar surface area (TPSA) is 86.3 Å². The van der Waals surface area contributed by atoms with Gasteiger partial charge in [-0.05, 0) is 6.07 Å². The van der Waals surface area contributed by atoms with E-state index >= 15 is 0 Å². The van der Waals surface area contributed by atoms with Crippen LogP contribution in [0, 0.1) is 20.2 Å². The number of hydrogen-bond donors (Lipinski definition) is 0. The lowest BCUT2D eigenvalue weighted by Gasteiger charge is -1.89. The van der Waals surface area contributed by atoms with E-state index in [4.69, 9.17) is 11.6 Å². The number of rotatable bonds is 2. The number of nitro benzene ring substituents is 2. The third kappa shape index (κ3) is 5.13. The van der Waals surface area contributed by atoms with Crippen molar-refractivity contribution in [1.29, 1.82) is 0 Å². The van der Waals surface area contributed by atoms with Gasteiger partial charge in [0.25, 0.3) is 11.4 Å². The molecule has 0 saturated heterocycles. The summed E-state index contributed by atoms with van der Waals surface area (Å²) in [6.07, 6.45) is 0. The van der Waals surface area contributed by atoms with Crippen molar-refractivity contribution in [3.8, 4) is 0 Å². The molecule has 0 N–H and O–H groups in total. The van der Waals surface area contributed by atoms with Crippen LogP contribution in [0.15, 0.2) is 54.6 Å². The van der Waals surface area contributed by atoms with Gasteiger partial charge in [-0.2, -0.15) is 0 Å². The van der Waals surface area contributed by atoms with Crippen molar-refractivity contribution in [2.75, 3.05) is 0 Å². The van der Waals surface area contributed by atoms with Crippen LogP contribution < -0.4 is 0 Å². The molecule has 2 rings (SSSR count). The Kier molecular flexibility index (Phi) is 5.43. The monoisotopic (exact) mass is 280 g/mol. The fourth-order valence-electron chi connectivity index (χ4n) is 1.14. The Morgan fingerprint density at radius 2 is 1.32 bits per heavy atom. The summed E-state index contributed by atoms with van der Waals surface area (Å²) < 4.78 is 0. The Morgan fingerprint density at radius 3 is 1.68 bits per heavy atom. The molecule has 0 heterocycles. The van der Waals surface area contributed by atoms with Gasteiger partial charge in [0, 0.05) is 29.3 Å². The highest BCUT2D eigenvalue weighted by atomic mass is 35.5. The number of para-hydroxylation sites is 1. The summed E-state index contributed by atoms with van der Waals surface area (Å²) in [5.41, 5.74) is 0.157. The van der Waals surface area contributed by atoms with Gasteiger partial charge in [-0.3, -0.25) is 20.2 Å². The summed E-state index contributed by atoms with van der Waals surface area (Å²) in [5, 5.41) is 20.5. The van der Waals surface area contributed by atoms with Crippen LogP contribution in [0.3, 0.4) is 0 Å². The lowest BCUT2D eigenvalue weighted by Crippen LogP contribution is -1.85. The van der Waals surface area contributed by atoms with E-state index in [9.17, 15) is 20.2 Å². The van der Waals surface area contributed by atoms with E-state index in [1.54, 1.807) is 30.3 Å². The molecule has 7 heteroatoms. The minimum atomic E-state index is -0.480. The second-order valence-electron chi connectivity index (χ2n) is 3.33. The van der Waals surface area contributed by atoms with Crippen molar-refractivity contribution >= 4 is 23.0 Å². The van der Waals surface area contributed by atoms with E-state index in [0.29, 0.717) is 5.02 Å². The predicted octanol–water partition coefficient (Wildman–Crippen LogP) is 3.84. The highest BCUT2D eigenvalue weighted by Crippen LogP contribution is 2.16. The van der Waals surface area contributed by atoms with Crippen LogP contribution in [0.25, 0.3) is 0 Å². The molecule has 2 aromatic carbocycles. The predicted molar refractivity (Wildman–Crippen MR) is 71.2 cm³/mol. The van der Waals surface area contributed by atoms with Crippen LogP contribution in [0.2, 0.25) is 5.02 Å². The van der Waals surface area contributed by atoms with E-state index in [-0.39, 0.29) is 11.4 Å². The first kappa shape index (κ1) is 14.6. The van der Waals surface area contributed by atoms with E-state index in [1.165, 1.54) is 24.3 Å². The lowest BCUT2D eigenvalue weighted by atomic mass is 10.3. The molecule has 0 fully saturated rings. The molecule has 19 heavy (non-hydrogen) atoms. The fourth-order valence-corrected chi connectivity index (χ4v) is 1.32. The van der Waals surface area contributed by atoms with Crippen molar-refractivity contribution in [1.82, 2.24) is 0 Å². The van der Waals surface area contributed by atoms with Crippen molar-refractivity contribution < 1.29 is 9.85 Å². The standard InChI is InChI=1S/C6H4ClNO2.C6H5NO2/c7-5-2-1-3-6(4-5)8(9)10;8-7(9)6-4-2-1-3-5-6/h1-4H;1-5H. The summed E-state index contributed by atoms with van der Waals surface area (Å²) >= 11 is 5.48. The first-order valence-corrected chi connectivity index (χ1v) is 5.48. The summed E-state index contributed by atoms with van der Waals surface area (Å²) in [4.78, 5) is 19.2. The van der Waals surface area contributed by atoms with E-state index < -0.39 is 9.85 Å². The maximum absolute atomic E-state index is 10.1. The zero-order valence-corrected chi connectivity index (χ0v) is 10.4. The smallest absolute Gasteiger partial charge is 0.258 e. The van der Waals surface area contributed by atoms with Crippen LogP contribution in [-0.2, 0) is 0 Å². The van der Waals surface area contributed by atoms with Gasteiger partial charge in [-0.15, -0.1) is 0 Å². The zero-order valence-electron chi connectivity index (χ0n) is 9.60. The number of hydrogen-bond acceptors (Lipinski definition) is 4. The number of halogens is 1. The largest absolute Gasteiger partial charge is 0.270 e. The molecule has 6 nitrogen and oxygen atoms in total. The zero-order chi connectivity index (χ0) is 14.3. The van der Waals surface area contributed by atoms with Gasteiger partial charge in [-0.25, -0.2) is 0 Å². The molecule has 0 atom stereocenters. The Morgan fingerprint density at radius 1 is 0.789 bits per heavy atom. The third-order valence-electron chi connectivity index (χ3n) is 1.99. The molecule has 0 saturated carbocycles. The van der Waals surface area contributed by atoms with Gasteiger partial charge in [0.2, 0.25) is 0 Å². The Balaban J connectivity index is 0.000000191. The molecule has 0 bridgehead atoms. The van der Waals surface area contributed by atoms with Crippen molar-refractivity contribution in [3.05, 3.63) is 79.8 Å². The summed E-state index contributed by atoms with van der Waals surface area (Å²) in [6, 6.07) is 13.8. The normalized spacial score (nSPS) is 9.11. The first-order valence-electron chi connectivity index (χ1n) is 5.10. The second kappa shape index (κ2) is 7.07. The average molecular weight is 281 g/mol. The molecule has 0 aliphatic rings. The highest BCUT2D eigenvalue weighted by molar-refractivity contribution is 6.30. The molecule has 0 amide bonds. The van der Waals surface area contributed by atoms with Crippen LogP contribution in [0.1, 0.15) is 0 Å². The molecular formula is C12H9ClN2O4. The van der Waals surface area contributed by atoms with Crippen molar-refractivity contribution in [2.24, 2.45) is 0 Å². The van der Waals surface area contributed by atoms with Gasteiger partial charge in [-0.1, -0.05) is 35.9 Å². The summed E-state index contributed by atoms with van der Waals surface area (Å²) in [7, 11) is 0. The minimum Gasteiger partial charge on any atom is -0.258 e. The SMILES string of the molecule is O=[N+]([O-])c1cccc(Cl)c1.O=[N+]([O-])c1ccccc1. The molecule has 0 spiro atoms. The number of nitro groups is 2. The Bertz CT molecular complexity index is 575. The van der Waals surface area contributed by atoms with Gasteiger partial charge < -0.3 is 0 Å². The van der Waals surface area contributed by atoms with E-state index in [2.05, 4.69) is 0 Å². The van der Waals surface area contributed by atoms with E-state index in [0.717, 1.165) is 0 Å². The van der Waals surface area contributed by atoms with Crippen LogP contribution >= 0.6 is 11.6 Å². The molecule has 0 unspecified atom stereocenters. The first-order chi connectivity index (χ1) is 9.00. The van der Waals surface area contributed by atoms with E-state index in [1.807, 2.05) is 0 Å². The quantitative estimate of drug-likeness (QED) is 0.617. The second-order valence-corrected chi connectivity index (χ2v) is 3.77. The van der Waals surface area contributed by atoms with Crippen LogP contribution in [0.5, 0.6) is 0 Å². The molecule has 0 aliphatic heterocycles. The summed E-state index contributed by atoms with van der Waals surface area (Å²) in [6.45, 7) is 0. The number of benzene rings is 2. The molecular weight excluding hydrogens is 272 g/mol. The number of non-ortho nitro benzene ring substituents is 2. The van der Waals surface area contributed by atoms with Gasteiger partial charge in [0.15, 0.2) is 0 Å². The maximum atomic E-state index is 10.1. The van der Waals surface area contributed by atoms with Gasteiger partial charge >= 0.3 is 0 Å². The molecule has 98 valence electrons. The van der Waals surface area contributed by atoms with Crippen molar-refractivity contribution in [2.45, 2.75) is 0 Å². The molecule has 0 aromatic heterocycles. The molecule has 0 aliphatic carbocycles. The maximum Gasteiger partial charge on any atom is 0.270 e. The number of nitrogens with zero attached hydrogens (tertiary/aromatic N) is 2. The van der Waals surface area contributed by atoms with Gasteiger partial charge in [0.05, 0.1) is 9.85 Å². The van der Waals surface area contributed by atoms with Crippen molar-refractivity contribution in [3.63, 3.8) is 0 Å². The minimum absolute atomic E-state index is 0.0208. The van der Waals surface area contributed by atoms with Gasteiger partial charge in [0.1, 0.15) is 0 Å². The molecule has 0 radical (unpaired) electrons.